The lowest BCUT2D eigenvalue weighted by Crippen LogP contribution is -3.00. The Hall–Kier alpha value is -2.07. The van der Waals surface area contributed by atoms with Crippen LogP contribution in [0.2, 0.25) is 5.02 Å². The minimum atomic E-state index is -0.317. The van der Waals surface area contributed by atoms with Crippen LogP contribution in [0.3, 0.4) is 0 Å². The van der Waals surface area contributed by atoms with Crippen molar-refractivity contribution in [2.24, 2.45) is 7.05 Å². The third kappa shape index (κ3) is 7.24. The second-order valence-corrected chi connectivity index (χ2v) is 7.80. The van der Waals surface area contributed by atoms with Crippen LogP contribution in [0.5, 0.6) is 11.5 Å². The van der Waals surface area contributed by atoms with Crippen LogP contribution >= 0.6 is 23.4 Å². The molecular weight excluding hydrogens is 464 g/mol. The molecule has 0 spiro atoms. The molecule has 0 saturated heterocycles. The lowest BCUT2D eigenvalue weighted by Gasteiger charge is -2.16. The Kier molecular flexibility index (Phi) is 10.3. The van der Waals surface area contributed by atoms with E-state index in [1.165, 1.54) is 6.07 Å². The number of hydrogen-bond acceptors (Lipinski definition) is 7. The molecule has 0 aliphatic carbocycles. The molecule has 3 rings (SSSR count). The van der Waals surface area contributed by atoms with Crippen molar-refractivity contribution in [1.29, 1.82) is 0 Å². The summed E-state index contributed by atoms with van der Waals surface area (Å²) >= 11 is 8.02. The van der Waals surface area contributed by atoms with Gasteiger partial charge in [0.1, 0.15) is 12.4 Å². The fourth-order valence-electron chi connectivity index (χ4n) is 2.68. The van der Waals surface area contributed by atoms with Crippen LogP contribution in [0.4, 0.5) is 4.39 Å². The second-order valence-electron chi connectivity index (χ2n) is 6.33. The molecule has 0 fully saturated rings. The summed E-state index contributed by atoms with van der Waals surface area (Å²) in [6.07, 6.45) is 0. The topological polar surface area (TPSA) is 74.1 Å². The van der Waals surface area contributed by atoms with Crippen molar-refractivity contribution in [2.45, 2.75) is 25.2 Å². The molecule has 0 saturated carbocycles. The van der Waals surface area contributed by atoms with Crippen molar-refractivity contribution < 1.29 is 26.3 Å². The predicted octanol–water partition coefficient (Wildman–Crippen LogP) is 0.866. The molecule has 168 valence electrons. The molecule has 0 bridgehead atoms. The number of tetrazole rings is 1. The van der Waals surface area contributed by atoms with Crippen LogP contribution in [-0.4, -0.2) is 39.1 Å². The van der Waals surface area contributed by atoms with Gasteiger partial charge in [0.2, 0.25) is 5.16 Å². The van der Waals surface area contributed by atoms with Gasteiger partial charge in [-0.1, -0.05) is 41.6 Å². The van der Waals surface area contributed by atoms with Gasteiger partial charge in [0, 0.05) is 31.5 Å². The SMILES string of the molecule is CCOc1cc(CNCCSc2nnnn2C)cc(Cl)c1OCc1ccccc1F.[Cl-]. The number of nitrogens with one attached hydrogen (secondary N) is 1. The normalized spacial score (nSPS) is 10.6. The number of benzene rings is 2. The van der Waals surface area contributed by atoms with E-state index in [-0.39, 0.29) is 24.8 Å². The fraction of sp³-hybridized carbons (Fsp3) is 0.350. The Morgan fingerprint density at radius 2 is 2.03 bits per heavy atom. The molecule has 1 N–H and O–H groups in total. The van der Waals surface area contributed by atoms with Gasteiger partial charge in [-0.15, -0.1) is 5.10 Å². The molecule has 0 amide bonds. The second kappa shape index (κ2) is 12.7. The first-order chi connectivity index (χ1) is 14.6. The van der Waals surface area contributed by atoms with Crippen LogP contribution in [0, 0.1) is 5.82 Å². The van der Waals surface area contributed by atoms with Gasteiger partial charge in [-0.2, -0.15) is 0 Å². The molecular formula is C20H23Cl2FN5O2S-. The van der Waals surface area contributed by atoms with E-state index >= 15 is 0 Å². The minimum absolute atomic E-state index is 0. The highest BCUT2D eigenvalue weighted by Crippen LogP contribution is 2.37. The summed E-state index contributed by atoms with van der Waals surface area (Å²) in [5.74, 6) is 1.46. The van der Waals surface area contributed by atoms with Crippen LogP contribution in [0.15, 0.2) is 41.6 Å². The van der Waals surface area contributed by atoms with Crippen LogP contribution < -0.4 is 27.2 Å². The van der Waals surface area contributed by atoms with E-state index < -0.39 is 0 Å². The van der Waals surface area contributed by atoms with Gasteiger partial charge in [0.05, 0.1) is 11.6 Å². The first kappa shape index (κ1) is 25.2. The molecule has 0 aliphatic rings. The number of aromatic nitrogens is 4. The molecule has 1 aromatic heterocycles. The molecule has 1 heterocycles. The highest BCUT2D eigenvalue weighted by atomic mass is 35.5. The van der Waals surface area contributed by atoms with E-state index in [1.54, 1.807) is 34.6 Å². The Morgan fingerprint density at radius 3 is 2.74 bits per heavy atom. The number of halogens is 3. The fourth-order valence-corrected chi connectivity index (χ4v) is 3.72. The molecule has 0 atom stereocenters. The van der Waals surface area contributed by atoms with Gasteiger partial charge in [0.15, 0.2) is 11.5 Å². The van der Waals surface area contributed by atoms with Crippen molar-refractivity contribution in [3.05, 3.63) is 58.4 Å². The van der Waals surface area contributed by atoms with Crippen molar-refractivity contribution in [2.75, 3.05) is 18.9 Å². The van der Waals surface area contributed by atoms with E-state index in [9.17, 15) is 4.39 Å². The Balaban J connectivity index is 0.00000341. The van der Waals surface area contributed by atoms with Gasteiger partial charge in [0.25, 0.3) is 0 Å². The van der Waals surface area contributed by atoms with Crippen LogP contribution in [0.25, 0.3) is 0 Å². The number of nitrogens with zero attached hydrogens (tertiary/aromatic N) is 4. The van der Waals surface area contributed by atoms with Crippen molar-refractivity contribution >= 4 is 23.4 Å². The Labute approximate surface area is 196 Å². The highest BCUT2D eigenvalue weighted by molar-refractivity contribution is 7.99. The Bertz CT molecular complexity index is 976. The third-order valence-electron chi connectivity index (χ3n) is 4.12. The van der Waals surface area contributed by atoms with E-state index in [0.29, 0.717) is 35.2 Å². The highest BCUT2D eigenvalue weighted by Gasteiger charge is 2.14. The minimum Gasteiger partial charge on any atom is -1.00 e. The maximum Gasteiger partial charge on any atom is 0.209 e. The van der Waals surface area contributed by atoms with E-state index in [0.717, 1.165) is 23.0 Å². The quantitative estimate of drug-likeness (QED) is 0.318. The lowest BCUT2D eigenvalue weighted by atomic mass is 10.2. The molecule has 3 aromatic rings. The van der Waals surface area contributed by atoms with Gasteiger partial charge in [-0.05, 0) is 41.1 Å². The zero-order chi connectivity index (χ0) is 21.3. The van der Waals surface area contributed by atoms with Gasteiger partial charge in [-0.25, -0.2) is 9.07 Å². The number of rotatable bonds is 11. The summed E-state index contributed by atoms with van der Waals surface area (Å²) in [4.78, 5) is 0. The van der Waals surface area contributed by atoms with Crippen LogP contribution in [-0.2, 0) is 20.2 Å². The molecule has 7 nitrogen and oxygen atoms in total. The molecule has 0 radical (unpaired) electrons. The van der Waals surface area contributed by atoms with Crippen molar-refractivity contribution in [1.82, 2.24) is 25.5 Å². The van der Waals surface area contributed by atoms with Crippen molar-refractivity contribution in [3.8, 4) is 11.5 Å². The number of thioether (sulfide) groups is 1. The zero-order valence-electron chi connectivity index (χ0n) is 17.1. The maximum atomic E-state index is 13.9. The largest absolute Gasteiger partial charge is 1.00 e. The van der Waals surface area contributed by atoms with E-state index in [1.807, 2.05) is 26.1 Å². The lowest BCUT2D eigenvalue weighted by molar-refractivity contribution is -0.00000764. The first-order valence-electron chi connectivity index (χ1n) is 9.45. The summed E-state index contributed by atoms with van der Waals surface area (Å²) < 4.78 is 27.0. The standard InChI is InChI=1S/C20H23ClFN5O2S.ClH/c1-3-28-18-11-14(12-23-8-9-30-20-24-25-26-27(20)2)10-16(21)19(18)29-13-15-6-4-5-7-17(15)22;/h4-7,10-11,23H,3,8-9,12-13H2,1-2H3;1H/p-1. The predicted molar refractivity (Wildman–Crippen MR) is 115 cm³/mol. The van der Waals surface area contributed by atoms with Gasteiger partial charge >= 0.3 is 0 Å². The maximum absolute atomic E-state index is 13.9. The first-order valence-corrected chi connectivity index (χ1v) is 10.8. The van der Waals surface area contributed by atoms with Gasteiger partial charge in [-0.3, -0.25) is 0 Å². The molecule has 11 heteroatoms. The number of aryl methyl sites for hydroxylation is 1. The summed E-state index contributed by atoms with van der Waals surface area (Å²) in [6, 6.07) is 10.2. The summed E-state index contributed by atoms with van der Waals surface area (Å²) in [5, 5.41) is 15.9. The molecule has 0 unspecified atom stereocenters. The molecule has 0 aliphatic heterocycles. The zero-order valence-corrected chi connectivity index (χ0v) is 19.5. The molecule has 31 heavy (non-hydrogen) atoms. The van der Waals surface area contributed by atoms with Gasteiger partial charge < -0.3 is 27.2 Å². The van der Waals surface area contributed by atoms with E-state index in [2.05, 4.69) is 20.8 Å². The third-order valence-corrected chi connectivity index (χ3v) is 5.41. The summed E-state index contributed by atoms with van der Waals surface area (Å²) in [6.45, 7) is 3.80. The van der Waals surface area contributed by atoms with Crippen LogP contribution in [0.1, 0.15) is 18.1 Å². The smallest absolute Gasteiger partial charge is 0.209 e. The number of hydrogen-bond donors (Lipinski definition) is 1. The summed E-state index contributed by atoms with van der Waals surface area (Å²) in [5.41, 5.74) is 1.42. The van der Waals surface area contributed by atoms with E-state index in [4.69, 9.17) is 21.1 Å². The number of ether oxygens (including phenoxy) is 2. The average Bonchev–Trinajstić information content (AvgIpc) is 3.13. The average molecular weight is 487 g/mol. The Morgan fingerprint density at radius 1 is 1.23 bits per heavy atom. The monoisotopic (exact) mass is 486 g/mol. The summed E-state index contributed by atoms with van der Waals surface area (Å²) in [7, 11) is 1.81. The van der Waals surface area contributed by atoms with Crippen molar-refractivity contribution in [3.63, 3.8) is 0 Å². The molecule has 2 aromatic carbocycles.